The highest BCUT2D eigenvalue weighted by atomic mass is 16.4. The van der Waals surface area contributed by atoms with Crippen LogP contribution in [0.4, 0.5) is 0 Å². The molecule has 0 spiro atoms. The Balaban J connectivity index is 2.48. The van der Waals surface area contributed by atoms with Crippen molar-refractivity contribution in [3.63, 3.8) is 0 Å². The molecular weight excluding hydrogens is 208 g/mol. The van der Waals surface area contributed by atoms with Crippen molar-refractivity contribution >= 4 is 11.9 Å². The molecule has 2 N–H and O–H groups in total. The molecule has 1 amide bonds. The number of nitrogens with zero attached hydrogens (tertiary/aromatic N) is 1. The third-order valence-corrected chi connectivity index (χ3v) is 2.97. The Bertz CT molecular complexity index is 322. The second kappa shape index (κ2) is 5.50. The van der Waals surface area contributed by atoms with Gasteiger partial charge < -0.3 is 10.4 Å². The molecule has 1 fully saturated rings. The minimum atomic E-state index is -0.897. The van der Waals surface area contributed by atoms with E-state index >= 15 is 0 Å². The number of amides is 1. The predicted molar refractivity (Wildman–Crippen MR) is 56.3 cm³/mol. The van der Waals surface area contributed by atoms with Gasteiger partial charge in [0.1, 0.15) is 0 Å². The van der Waals surface area contributed by atoms with Gasteiger partial charge in [0.25, 0.3) is 0 Å². The molecule has 0 saturated heterocycles. The molecule has 0 aromatic carbocycles. The molecule has 0 radical (unpaired) electrons. The first-order valence-corrected chi connectivity index (χ1v) is 5.46. The Labute approximate surface area is 94.4 Å². The fourth-order valence-electron chi connectivity index (χ4n) is 2.00. The molecular formula is C11H16N2O3. The lowest BCUT2D eigenvalue weighted by Crippen LogP contribution is -2.37. The molecule has 3 unspecified atom stereocenters. The number of hydrogen-bond donors (Lipinski definition) is 2. The standard InChI is InChI=1S/C11H16N2O3/c1-7(5-12)6-13-10(14)8-3-2-4-9(8)11(15)16/h7-9H,2-4,6H2,1H3,(H,13,14)(H,15,16). The second-order valence-electron chi connectivity index (χ2n) is 4.26. The van der Waals surface area contributed by atoms with Crippen molar-refractivity contribution in [1.29, 1.82) is 5.26 Å². The molecule has 1 rings (SSSR count). The maximum absolute atomic E-state index is 11.7. The number of carbonyl (C=O) groups excluding carboxylic acids is 1. The molecule has 0 aliphatic heterocycles. The first-order valence-electron chi connectivity index (χ1n) is 5.46. The van der Waals surface area contributed by atoms with E-state index in [0.717, 1.165) is 6.42 Å². The van der Waals surface area contributed by atoms with Gasteiger partial charge in [0.15, 0.2) is 0 Å². The first-order chi connectivity index (χ1) is 7.56. The Hall–Kier alpha value is -1.57. The van der Waals surface area contributed by atoms with Crippen LogP contribution in [0, 0.1) is 29.1 Å². The summed E-state index contributed by atoms with van der Waals surface area (Å²) in [5, 5.41) is 20.1. The zero-order valence-corrected chi connectivity index (χ0v) is 9.27. The summed E-state index contributed by atoms with van der Waals surface area (Å²) >= 11 is 0. The van der Waals surface area contributed by atoms with E-state index in [9.17, 15) is 9.59 Å². The summed E-state index contributed by atoms with van der Waals surface area (Å²) in [6.45, 7) is 2.00. The average molecular weight is 224 g/mol. The highest BCUT2D eigenvalue weighted by molar-refractivity contribution is 5.85. The van der Waals surface area contributed by atoms with Crippen LogP contribution >= 0.6 is 0 Å². The van der Waals surface area contributed by atoms with Crippen molar-refractivity contribution in [3.05, 3.63) is 0 Å². The summed E-state index contributed by atoms with van der Waals surface area (Å²) in [4.78, 5) is 22.6. The van der Waals surface area contributed by atoms with Crippen LogP contribution in [0.2, 0.25) is 0 Å². The van der Waals surface area contributed by atoms with Gasteiger partial charge in [0, 0.05) is 6.54 Å². The number of nitriles is 1. The minimum absolute atomic E-state index is 0.230. The van der Waals surface area contributed by atoms with E-state index in [1.54, 1.807) is 6.92 Å². The predicted octanol–water partition coefficient (Wildman–Crippen LogP) is 0.763. The first kappa shape index (κ1) is 12.5. The lowest BCUT2D eigenvalue weighted by Gasteiger charge is -2.15. The molecule has 0 aromatic rings. The average Bonchev–Trinajstić information content (AvgIpc) is 2.74. The number of carboxylic acid groups (broad SMARTS) is 1. The molecule has 0 bridgehead atoms. The van der Waals surface area contributed by atoms with E-state index in [2.05, 4.69) is 5.32 Å². The molecule has 5 heteroatoms. The van der Waals surface area contributed by atoms with Crippen LogP contribution in [0.5, 0.6) is 0 Å². The van der Waals surface area contributed by atoms with Crippen LogP contribution in [-0.4, -0.2) is 23.5 Å². The lowest BCUT2D eigenvalue weighted by molar-refractivity contribution is -0.146. The summed E-state index contributed by atoms with van der Waals surface area (Å²) in [6.07, 6.45) is 1.98. The van der Waals surface area contributed by atoms with Gasteiger partial charge in [0.05, 0.1) is 23.8 Å². The van der Waals surface area contributed by atoms with Gasteiger partial charge in [-0.3, -0.25) is 9.59 Å². The van der Waals surface area contributed by atoms with E-state index in [0.29, 0.717) is 12.8 Å². The van der Waals surface area contributed by atoms with E-state index in [1.165, 1.54) is 0 Å². The fourth-order valence-corrected chi connectivity index (χ4v) is 2.00. The van der Waals surface area contributed by atoms with Gasteiger partial charge in [0.2, 0.25) is 5.91 Å². The van der Waals surface area contributed by atoms with Crippen LogP contribution in [0.3, 0.4) is 0 Å². The SMILES string of the molecule is CC(C#N)CNC(=O)C1CCCC1C(=O)O. The Morgan fingerprint density at radius 3 is 2.69 bits per heavy atom. The summed E-state index contributed by atoms with van der Waals surface area (Å²) in [5.41, 5.74) is 0. The maximum Gasteiger partial charge on any atom is 0.307 e. The van der Waals surface area contributed by atoms with Gasteiger partial charge in [-0.15, -0.1) is 0 Å². The van der Waals surface area contributed by atoms with Crippen molar-refractivity contribution < 1.29 is 14.7 Å². The minimum Gasteiger partial charge on any atom is -0.481 e. The van der Waals surface area contributed by atoms with Crippen LogP contribution in [0.25, 0.3) is 0 Å². The molecule has 88 valence electrons. The lowest BCUT2D eigenvalue weighted by atomic mass is 9.95. The van der Waals surface area contributed by atoms with Crippen molar-refractivity contribution in [3.8, 4) is 6.07 Å². The smallest absolute Gasteiger partial charge is 0.307 e. The van der Waals surface area contributed by atoms with Crippen LogP contribution in [0.1, 0.15) is 26.2 Å². The molecule has 16 heavy (non-hydrogen) atoms. The summed E-state index contributed by atoms with van der Waals surface area (Å²) in [7, 11) is 0. The topological polar surface area (TPSA) is 90.2 Å². The van der Waals surface area contributed by atoms with Crippen LogP contribution < -0.4 is 5.32 Å². The Kier molecular flexibility index (Phi) is 4.29. The van der Waals surface area contributed by atoms with Crippen molar-refractivity contribution in [2.45, 2.75) is 26.2 Å². The second-order valence-corrected chi connectivity index (χ2v) is 4.26. The largest absolute Gasteiger partial charge is 0.481 e. The van der Waals surface area contributed by atoms with Gasteiger partial charge in [-0.2, -0.15) is 5.26 Å². The van der Waals surface area contributed by atoms with Crippen LogP contribution in [-0.2, 0) is 9.59 Å². The van der Waals surface area contributed by atoms with Gasteiger partial charge in [-0.05, 0) is 19.8 Å². The van der Waals surface area contributed by atoms with Crippen molar-refractivity contribution in [2.24, 2.45) is 17.8 Å². The monoisotopic (exact) mass is 224 g/mol. The molecule has 0 heterocycles. The number of carbonyl (C=O) groups is 2. The van der Waals surface area contributed by atoms with Gasteiger partial charge in [-0.25, -0.2) is 0 Å². The summed E-state index contributed by atoms with van der Waals surface area (Å²) < 4.78 is 0. The van der Waals surface area contributed by atoms with Crippen molar-refractivity contribution in [2.75, 3.05) is 6.54 Å². The third kappa shape index (κ3) is 2.96. The highest BCUT2D eigenvalue weighted by Crippen LogP contribution is 2.31. The number of hydrogen-bond acceptors (Lipinski definition) is 3. The number of carboxylic acids is 1. The molecule has 3 atom stereocenters. The molecule has 0 aromatic heterocycles. The highest BCUT2D eigenvalue weighted by Gasteiger charge is 2.37. The van der Waals surface area contributed by atoms with Crippen LogP contribution in [0.15, 0.2) is 0 Å². The zero-order valence-electron chi connectivity index (χ0n) is 9.27. The Morgan fingerprint density at radius 1 is 1.50 bits per heavy atom. The number of rotatable bonds is 4. The summed E-state index contributed by atoms with van der Waals surface area (Å²) in [6, 6.07) is 2.01. The summed E-state index contributed by atoms with van der Waals surface area (Å²) in [5.74, 6) is -2.35. The number of aliphatic carboxylic acids is 1. The van der Waals surface area contributed by atoms with E-state index in [1.807, 2.05) is 6.07 Å². The maximum atomic E-state index is 11.7. The normalized spacial score (nSPS) is 25.8. The van der Waals surface area contributed by atoms with E-state index in [-0.39, 0.29) is 18.4 Å². The number of nitrogens with one attached hydrogen (secondary N) is 1. The van der Waals surface area contributed by atoms with Gasteiger partial charge in [-0.1, -0.05) is 6.42 Å². The van der Waals surface area contributed by atoms with E-state index in [4.69, 9.17) is 10.4 Å². The Morgan fingerprint density at radius 2 is 2.12 bits per heavy atom. The third-order valence-electron chi connectivity index (χ3n) is 2.97. The molecule has 1 aliphatic rings. The van der Waals surface area contributed by atoms with Crippen molar-refractivity contribution in [1.82, 2.24) is 5.32 Å². The molecule has 1 saturated carbocycles. The molecule has 1 aliphatic carbocycles. The van der Waals surface area contributed by atoms with E-state index < -0.39 is 17.8 Å². The molecule has 5 nitrogen and oxygen atoms in total. The zero-order chi connectivity index (χ0) is 12.1. The van der Waals surface area contributed by atoms with Gasteiger partial charge >= 0.3 is 5.97 Å². The fraction of sp³-hybridized carbons (Fsp3) is 0.727. The quantitative estimate of drug-likeness (QED) is 0.737.